The van der Waals surface area contributed by atoms with Crippen LogP contribution in [-0.2, 0) is 30.3 Å². The second kappa shape index (κ2) is 9.53. The van der Waals surface area contributed by atoms with Gasteiger partial charge in [0.15, 0.2) is 0 Å². The summed E-state index contributed by atoms with van der Waals surface area (Å²) in [6.45, 7) is 4.15. The monoisotopic (exact) mass is 420 g/mol. The summed E-state index contributed by atoms with van der Waals surface area (Å²) in [5.74, 6) is -0.228. The van der Waals surface area contributed by atoms with Gasteiger partial charge in [0.2, 0.25) is 0 Å². The Morgan fingerprint density at radius 1 is 1.29 bits per heavy atom. The van der Waals surface area contributed by atoms with Crippen molar-refractivity contribution in [1.82, 2.24) is 0 Å². The Hall–Kier alpha value is -0.920. The molecule has 0 heterocycles. The van der Waals surface area contributed by atoms with Gasteiger partial charge in [-0.2, -0.15) is 8.42 Å². The molecule has 7 heteroatoms. The number of rotatable bonds is 10. The lowest BCUT2D eigenvalue weighted by molar-refractivity contribution is -0.155. The van der Waals surface area contributed by atoms with E-state index in [0.717, 1.165) is 16.3 Å². The molecular formula is C17H25BrO5S. The van der Waals surface area contributed by atoms with Gasteiger partial charge in [-0.25, -0.2) is 0 Å². The number of benzene rings is 1. The number of esters is 1. The molecule has 0 aliphatic rings. The van der Waals surface area contributed by atoms with Crippen LogP contribution in [0, 0.1) is 5.41 Å². The highest BCUT2D eigenvalue weighted by Gasteiger charge is 2.34. The molecule has 0 aliphatic heterocycles. The molecule has 1 aromatic rings. The molecule has 1 aromatic carbocycles. The van der Waals surface area contributed by atoms with E-state index in [1.165, 1.54) is 0 Å². The number of carbonyl (C=O) groups is 1. The van der Waals surface area contributed by atoms with Crippen molar-refractivity contribution in [2.24, 2.45) is 5.41 Å². The predicted octanol–water partition coefficient (Wildman–Crippen LogP) is 3.71. The van der Waals surface area contributed by atoms with Crippen LogP contribution in [0.25, 0.3) is 0 Å². The normalized spacial score (nSPS) is 14.2. The van der Waals surface area contributed by atoms with Gasteiger partial charge in [0.05, 0.1) is 24.9 Å². The van der Waals surface area contributed by atoms with Crippen LogP contribution in [0.15, 0.2) is 28.7 Å². The molecule has 0 N–H and O–H groups in total. The summed E-state index contributed by atoms with van der Waals surface area (Å²) in [5.41, 5.74) is 0.398. The SMILES string of the molecule is CCOC(=O)C(C)(CCCCOS(C)(=O)=O)Cc1cccc(Br)c1. The minimum absolute atomic E-state index is 0.134. The van der Waals surface area contributed by atoms with Gasteiger partial charge in [-0.3, -0.25) is 8.98 Å². The van der Waals surface area contributed by atoms with E-state index in [2.05, 4.69) is 15.9 Å². The van der Waals surface area contributed by atoms with Crippen molar-refractivity contribution in [3.8, 4) is 0 Å². The van der Waals surface area contributed by atoms with E-state index in [1.54, 1.807) is 6.92 Å². The van der Waals surface area contributed by atoms with Crippen molar-refractivity contribution in [1.29, 1.82) is 0 Å². The van der Waals surface area contributed by atoms with Crippen LogP contribution in [0.4, 0.5) is 0 Å². The fourth-order valence-electron chi connectivity index (χ4n) is 2.49. The van der Waals surface area contributed by atoms with Crippen molar-refractivity contribution in [3.05, 3.63) is 34.3 Å². The molecule has 0 saturated carbocycles. The second-order valence-corrected chi connectivity index (χ2v) is 8.63. The molecule has 0 saturated heterocycles. The first-order valence-electron chi connectivity index (χ1n) is 7.92. The molecule has 1 unspecified atom stereocenters. The molecule has 0 spiro atoms. The maximum absolute atomic E-state index is 12.4. The molecule has 0 bridgehead atoms. The van der Waals surface area contributed by atoms with Crippen molar-refractivity contribution >= 4 is 32.0 Å². The lowest BCUT2D eigenvalue weighted by Gasteiger charge is -2.27. The van der Waals surface area contributed by atoms with Gasteiger partial charge in [0.1, 0.15) is 0 Å². The standard InChI is InChI=1S/C17H25BrO5S/c1-4-22-16(19)17(2,10-5-6-11-23-24(3,20)21)13-14-8-7-9-15(18)12-14/h7-9,12H,4-6,10-11,13H2,1-3H3. The second-order valence-electron chi connectivity index (χ2n) is 6.07. The van der Waals surface area contributed by atoms with Crippen LogP contribution < -0.4 is 0 Å². The zero-order chi connectivity index (χ0) is 18.2. The van der Waals surface area contributed by atoms with Crippen molar-refractivity contribution < 1.29 is 22.1 Å². The fourth-order valence-corrected chi connectivity index (χ4v) is 3.36. The molecule has 24 heavy (non-hydrogen) atoms. The van der Waals surface area contributed by atoms with Crippen molar-refractivity contribution in [3.63, 3.8) is 0 Å². The third kappa shape index (κ3) is 7.77. The minimum atomic E-state index is -3.42. The van der Waals surface area contributed by atoms with E-state index in [4.69, 9.17) is 8.92 Å². The third-order valence-corrected chi connectivity index (χ3v) is 4.76. The molecule has 0 amide bonds. The Bertz CT molecular complexity index is 644. The maximum atomic E-state index is 12.4. The number of unbranched alkanes of at least 4 members (excludes halogenated alkanes) is 1. The molecule has 5 nitrogen and oxygen atoms in total. The van der Waals surface area contributed by atoms with Crippen LogP contribution in [0.5, 0.6) is 0 Å². The summed E-state index contributed by atoms with van der Waals surface area (Å²) >= 11 is 3.44. The first-order valence-corrected chi connectivity index (χ1v) is 10.5. The van der Waals surface area contributed by atoms with E-state index in [-0.39, 0.29) is 12.6 Å². The van der Waals surface area contributed by atoms with E-state index in [0.29, 0.717) is 32.3 Å². The molecule has 1 rings (SSSR count). The number of hydrogen-bond acceptors (Lipinski definition) is 5. The van der Waals surface area contributed by atoms with Gasteiger partial charge < -0.3 is 4.74 Å². The Balaban J connectivity index is 2.70. The summed E-state index contributed by atoms with van der Waals surface area (Å²) in [6.07, 6.45) is 3.45. The van der Waals surface area contributed by atoms with E-state index in [9.17, 15) is 13.2 Å². The Kier molecular flexibility index (Phi) is 8.39. The lowest BCUT2D eigenvalue weighted by Crippen LogP contribution is -2.32. The zero-order valence-corrected chi connectivity index (χ0v) is 16.8. The molecular weight excluding hydrogens is 396 g/mol. The molecule has 1 atom stereocenters. The molecule has 0 aliphatic carbocycles. The predicted molar refractivity (Wildman–Crippen MR) is 97.2 cm³/mol. The fraction of sp³-hybridized carbons (Fsp3) is 0.588. The molecule has 0 radical (unpaired) electrons. The van der Waals surface area contributed by atoms with Crippen molar-refractivity contribution in [2.45, 2.75) is 39.5 Å². The summed E-state index contributed by atoms with van der Waals surface area (Å²) < 4.78 is 32.9. The minimum Gasteiger partial charge on any atom is -0.466 e. The average molecular weight is 421 g/mol. The van der Waals surface area contributed by atoms with Gasteiger partial charge in [0, 0.05) is 4.47 Å². The Labute approximate surface area is 153 Å². The maximum Gasteiger partial charge on any atom is 0.312 e. The van der Waals surface area contributed by atoms with Crippen LogP contribution in [0.2, 0.25) is 0 Å². The topological polar surface area (TPSA) is 69.7 Å². The first-order chi connectivity index (χ1) is 11.2. The lowest BCUT2D eigenvalue weighted by atomic mass is 9.79. The summed E-state index contributed by atoms with van der Waals surface area (Å²) in [4.78, 5) is 12.4. The van der Waals surface area contributed by atoms with Crippen LogP contribution in [0.1, 0.15) is 38.7 Å². The van der Waals surface area contributed by atoms with E-state index < -0.39 is 15.5 Å². The van der Waals surface area contributed by atoms with Crippen LogP contribution in [0.3, 0.4) is 0 Å². The quantitative estimate of drug-likeness (QED) is 0.327. The van der Waals surface area contributed by atoms with Gasteiger partial charge in [-0.1, -0.05) is 28.1 Å². The van der Waals surface area contributed by atoms with Crippen LogP contribution >= 0.6 is 15.9 Å². The van der Waals surface area contributed by atoms with Gasteiger partial charge in [-0.15, -0.1) is 0 Å². The smallest absolute Gasteiger partial charge is 0.312 e. The largest absolute Gasteiger partial charge is 0.466 e. The van der Waals surface area contributed by atoms with Crippen LogP contribution in [-0.4, -0.2) is 33.9 Å². The zero-order valence-electron chi connectivity index (χ0n) is 14.4. The number of carbonyl (C=O) groups excluding carboxylic acids is 1. The Morgan fingerprint density at radius 3 is 2.58 bits per heavy atom. The molecule has 0 aromatic heterocycles. The van der Waals surface area contributed by atoms with E-state index >= 15 is 0 Å². The summed E-state index contributed by atoms with van der Waals surface area (Å²) in [7, 11) is -3.42. The van der Waals surface area contributed by atoms with Crippen molar-refractivity contribution in [2.75, 3.05) is 19.5 Å². The Morgan fingerprint density at radius 2 is 2.00 bits per heavy atom. The molecule has 0 fully saturated rings. The first kappa shape index (κ1) is 21.1. The van der Waals surface area contributed by atoms with Gasteiger partial charge in [-0.05, 0) is 57.2 Å². The summed E-state index contributed by atoms with van der Waals surface area (Å²) in [6, 6.07) is 7.85. The van der Waals surface area contributed by atoms with E-state index in [1.807, 2.05) is 31.2 Å². The van der Waals surface area contributed by atoms with Gasteiger partial charge in [0.25, 0.3) is 10.1 Å². The highest BCUT2D eigenvalue weighted by Crippen LogP contribution is 2.31. The summed E-state index contributed by atoms with van der Waals surface area (Å²) in [5, 5.41) is 0. The third-order valence-electron chi connectivity index (χ3n) is 3.67. The average Bonchev–Trinajstić information content (AvgIpc) is 2.46. The number of hydrogen-bond donors (Lipinski definition) is 0. The van der Waals surface area contributed by atoms with Gasteiger partial charge >= 0.3 is 5.97 Å². The molecule has 136 valence electrons. The number of ether oxygens (including phenoxy) is 1. The highest BCUT2D eigenvalue weighted by molar-refractivity contribution is 9.10. The number of halogens is 1. The highest BCUT2D eigenvalue weighted by atomic mass is 79.9.